The predicted octanol–water partition coefficient (Wildman–Crippen LogP) is 2.15. The van der Waals surface area contributed by atoms with Crippen LogP contribution < -0.4 is 10.2 Å². The highest BCUT2D eigenvalue weighted by Crippen LogP contribution is 2.31. The summed E-state index contributed by atoms with van der Waals surface area (Å²) in [7, 11) is 1.89. The fourth-order valence-electron chi connectivity index (χ4n) is 2.29. The van der Waals surface area contributed by atoms with Gasteiger partial charge >= 0.3 is 6.18 Å². The van der Waals surface area contributed by atoms with Gasteiger partial charge in [0.1, 0.15) is 5.69 Å². The molecule has 1 aromatic rings. The van der Waals surface area contributed by atoms with E-state index in [2.05, 4.69) is 10.3 Å². The third kappa shape index (κ3) is 2.93. The average molecular weight is 259 g/mol. The first-order chi connectivity index (χ1) is 8.50. The van der Waals surface area contributed by atoms with Gasteiger partial charge in [0.25, 0.3) is 0 Å². The molecule has 1 aliphatic heterocycles. The molecule has 2 heterocycles. The highest BCUT2D eigenvalue weighted by atomic mass is 19.4. The van der Waals surface area contributed by atoms with Crippen molar-refractivity contribution in [2.75, 3.05) is 31.6 Å². The van der Waals surface area contributed by atoms with Crippen molar-refractivity contribution in [1.82, 2.24) is 10.3 Å². The zero-order valence-electron chi connectivity index (χ0n) is 10.2. The molecule has 0 amide bonds. The molecule has 3 nitrogen and oxygen atoms in total. The Labute approximate surface area is 104 Å². The van der Waals surface area contributed by atoms with Crippen LogP contribution in [0, 0.1) is 5.92 Å². The van der Waals surface area contributed by atoms with E-state index in [0.29, 0.717) is 11.6 Å². The Balaban J connectivity index is 2.10. The highest BCUT2D eigenvalue weighted by Gasteiger charge is 2.33. The Kier molecular flexibility index (Phi) is 3.75. The monoisotopic (exact) mass is 259 g/mol. The largest absolute Gasteiger partial charge is 0.433 e. The van der Waals surface area contributed by atoms with E-state index in [-0.39, 0.29) is 0 Å². The Hall–Kier alpha value is -1.30. The number of hydrogen-bond donors (Lipinski definition) is 1. The SMILES string of the molecule is CNCC1CCN(c2ccnc(C(F)(F)F)c2)C1. The van der Waals surface area contributed by atoms with E-state index >= 15 is 0 Å². The number of anilines is 1. The molecule has 0 bridgehead atoms. The molecule has 18 heavy (non-hydrogen) atoms. The number of nitrogens with one attached hydrogen (secondary N) is 1. The molecular formula is C12H16F3N3. The van der Waals surface area contributed by atoms with Crippen LogP contribution in [0.25, 0.3) is 0 Å². The van der Waals surface area contributed by atoms with Gasteiger partial charge in [-0.05, 0) is 38.1 Å². The van der Waals surface area contributed by atoms with Crippen molar-refractivity contribution < 1.29 is 13.2 Å². The zero-order valence-corrected chi connectivity index (χ0v) is 10.2. The topological polar surface area (TPSA) is 28.2 Å². The summed E-state index contributed by atoms with van der Waals surface area (Å²) in [5, 5.41) is 3.10. The number of rotatable bonds is 3. The van der Waals surface area contributed by atoms with Gasteiger partial charge < -0.3 is 10.2 Å². The molecule has 1 aliphatic rings. The molecule has 1 fully saturated rings. The summed E-state index contributed by atoms with van der Waals surface area (Å²) in [6.07, 6.45) is -2.14. The molecule has 0 spiro atoms. The Morgan fingerprint density at radius 1 is 1.50 bits per heavy atom. The third-order valence-electron chi connectivity index (χ3n) is 3.18. The van der Waals surface area contributed by atoms with E-state index in [1.807, 2.05) is 11.9 Å². The number of alkyl halides is 3. The van der Waals surface area contributed by atoms with Crippen LogP contribution in [0.15, 0.2) is 18.3 Å². The Morgan fingerprint density at radius 3 is 2.94 bits per heavy atom. The van der Waals surface area contributed by atoms with Crippen molar-refractivity contribution in [3.8, 4) is 0 Å². The summed E-state index contributed by atoms with van der Waals surface area (Å²) in [6, 6.07) is 2.76. The van der Waals surface area contributed by atoms with E-state index in [4.69, 9.17) is 0 Å². The first kappa shape index (κ1) is 13.1. The molecular weight excluding hydrogens is 243 g/mol. The van der Waals surface area contributed by atoms with Gasteiger partial charge in [-0.15, -0.1) is 0 Å². The maximum absolute atomic E-state index is 12.6. The van der Waals surface area contributed by atoms with Crippen molar-refractivity contribution in [2.24, 2.45) is 5.92 Å². The minimum Gasteiger partial charge on any atom is -0.371 e. The molecule has 2 rings (SSSR count). The van der Waals surface area contributed by atoms with Gasteiger partial charge in [-0.3, -0.25) is 4.98 Å². The summed E-state index contributed by atoms with van der Waals surface area (Å²) >= 11 is 0. The van der Waals surface area contributed by atoms with Crippen LogP contribution in [-0.2, 0) is 6.18 Å². The van der Waals surface area contributed by atoms with E-state index in [1.165, 1.54) is 6.20 Å². The molecule has 1 aromatic heterocycles. The molecule has 0 aromatic carbocycles. The van der Waals surface area contributed by atoms with Crippen molar-refractivity contribution in [2.45, 2.75) is 12.6 Å². The minimum absolute atomic E-state index is 0.498. The average Bonchev–Trinajstić information content (AvgIpc) is 2.77. The highest BCUT2D eigenvalue weighted by molar-refractivity contribution is 5.48. The van der Waals surface area contributed by atoms with Crippen molar-refractivity contribution in [3.63, 3.8) is 0 Å². The van der Waals surface area contributed by atoms with Gasteiger partial charge in [-0.1, -0.05) is 0 Å². The van der Waals surface area contributed by atoms with Gasteiger partial charge in [0, 0.05) is 25.0 Å². The van der Waals surface area contributed by atoms with E-state index < -0.39 is 11.9 Å². The van der Waals surface area contributed by atoms with Crippen LogP contribution >= 0.6 is 0 Å². The maximum atomic E-state index is 12.6. The lowest BCUT2D eigenvalue weighted by molar-refractivity contribution is -0.141. The lowest BCUT2D eigenvalue weighted by atomic mass is 10.1. The predicted molar refractivity (Wildman–Crippen MR) is 63.5 cm³/mol. The summed E-state index contributed by atoms with van der Waals surface area (Å²) in [4.78, 5) is 5.36. The van der Waals surface area contributed by atoms with E-state index in [9.17, 15) is 13.2 Å². The van der Waals surface area contributed by atoms with Crippen LogP contribution in [0.4, 0.5) is 18.9 Å². The number of halogens is 3. The molecule has 6 heteroatoms. The molecule has 1 unspecified atom stereocenters. The first-order valence-electron chi connectivity index (χ1n) is 5.93. The second-order valence-electron chi connectivity index (χ2n) is 4.56. The summed E-state index contributed by atoms with van der Waals surface area (Å²) in [5.74, 6) is 0.498. The van der Waals surface area contributed by atoms with Crippen molar-refractivity contribution >= 4 is 5.69 Å². The van der Waals surface area contributed by atoms with Crippen LogP contribution in [0.2, 0.25) is 0 Å². The van der Waals surface area contributed by atoms with Gasteiger partial charge in [0.2, 0.25) is 0 Å². The standard InChI is InChI=1S/C12H16F3N3/c1-16-7-9-3-5-18(8-9)10-2-4-17-11(6-10)12(13,14)15/h2,4,6,9,16H,3,5,7-8H2,1H3. The van der Waals surface area contributed by atoms with Crippen LogP contribution in [-0.4, -0.2) is 31.7 Å². The quantitative estimate of drug-likeness (QED) is 0.901. The molecule has 1 N–H and O–H groups in total. The van der Waals surface area contributed by atoms with E-state index in [1.54, 1.807) is 6.07 Å². The summed E-state index contributed by atoms with van der Waals surface area (Å²) in [6.45, 7) is 2.49. The van der Waals surface area contributed by atoms with E-state index in [0.717, 1.165) is 32.1 Å². The van der Waals surface area contributed by atoms with Crippen LogP contribution in [0.5, 0.6) is 0 Å². The number of aromatic nitrogens is 1. The molecule has 1 saturated heterocycles. The summed E-state index contributed by atoms with van der Waals surface area (Å²) < 4.78 is 37.7. The fourth-order valence-corrected chi connectivity index (χ4v) is 2.29. The summed E-state index contributed by atoms with van der Waals surface area (Å²) in [5.41, 5.74) is -0.215. The molecule has 0 aliphatic carbocycles. The Bertz CT molecular complexity index is 406. The lowest BCUT2D eigenvalue weighted by Gasteiger charge is -2.19. The molecule has 0 saturated carbocycles. The molecule has 0 radical (unpaired) electrons. The second-order valence-corrected chi connectivity index (χ2v) is 4.56. The van der Waals surface area contributed by atoms with Crippen LogP contribution in [0.1, 0.15) is 12.1 Å². The van der Waals surface area contributed by atoms with Gasteiger partial charge in [-0.2, -0.15) is 13.2 Å². The van der Waals surface area contributed by atoms with Crippen molar-refractivity contribution in [3.05, 3.63) is 24.0 Å². The fraction of sp³-hybridized carbons (Fsp3) is 0.583. The maximum Gasteiger partial charge on any atom is 0.433 e. The first-order valence-corrected chi connectivity index (χ1v) is 5.93. The Morgan fingerprint density at radius 2 is 2.28 bits per heavy atom. The van der Waals surface area contributed by atoms with Crippen LogP contribution in [0.3, 0.4) is 0 Å². The van der Waals surface area contributed by atoms with Crippen molar-refractivity contribution in [1.29, 1.82) is 0 Å². The molecule has 100 valence electrons. The minimum atomic E-state index is -4.37. The molecule has 1 atom stereocenters. The van der Waals surface area contributed by atoms with Gasteiger partial charge in [0.15, 0.2) is 0 Å². The second kappa shape index (κ2) is 5.14. The van der Waals surface area contributed by atoms with Gasteiger partial charge in [0.05, 0.1) is 0 Å². The number of hydrogen-bond acceptors (Lipinski definition) is 3. The zero-order chi connectivity index (χ0) is 13.2. The normalized spacial score (nSPS) is 20.4. The number of pyridine rings is 1. The third-order valence-corrected chi connectivity index (χ3v) is 3.18. The number of nitrogens with zero attached hydrogens (tertiary/aromatic N) is 2. The smallest absolute Gasteiger partial charge is 0.371 e. The van der Waals surface area contributed by atoms with Gasteiger partial charge in [-0.25, -0.2) is 0 Å². The lowest BCUT2D eigenvalue weighted by Crippen LogP contribution is -2.24.